The summed E-state index contributed by atoms with van der Waals surface area (Å²) in [6.07, 6.45) is 6.64. The predicted molar refractivity (Wildman–Crippen MR) is 122 cm³/mol. The highest BCUT2D eigenvalue weighted by atomic mass is 32.1. The number of anilines is 2. The zero-order valence-corrected chi connectivity index (χ0v) is 18.6. The molecule has 0 unspecified atom stereocenters. The van der Waals surface area contributed by atoms with Gasteiger partial charge in [0.2, 0.25) is 5.95 Å². The van der Waals surface area contributed by atoms with Gasteiger partial charge in [0.25, 0.3) is 0 Å². The Morgan fingerprint density at radius 1 is 1.26 bits per heavy atom. The van der Waals surface area contributed by atoms with Crippen LogP contribution in [0.3, 0.4) is 0 Å². The van der Waals surface area contributed by atoms with Crippen LogP contribution in [0.4, 0.5) is 15.3 Å². The van der Waals surface area contributed by atoms with Crippen LogP contribution in [-0.2, 0) is 24.1 Å². The highest BCUT2D eigenvalue weighted by molar-refractivity contribution is 7.80. The van der Waals surface area contributed by atoms with Crippen LogP contribution in [-0.4, -0.2) is 33.0 Å². The van der Waals surface area contributed by atoms with Crippen LogP contribution in [0.15, 0.2) is 30.6 Å². The van der Waals surface area contributed by atoms with Crippen molar-refractivity contribution in [3.05, 3.63) is 58.0 Å². The number of nitrogens with one attached hydrogen (secondary N) is 2. The van der Waals surface area contributed by atoms with Crippen LogP contribution in [0.25, 0.3) is 0 Å². The average molecular weight is 460 g/mol. The summed E-state index contributed by atoms with van der Waals surface area (Å²) in [6, 6.07) is 6.52. The molecular weight excluding hydrogens is 437 g/mol. The molecule has 31 heavy (non-hydrogen) atoms. The van der Waals surface area contributed by atoms with Gasteiger partial charge in [0, 0.05) is 10.4 Å². The van der Waals surface area contributed by atoms with Crippen LogP contribution >= 0.6 is 23.6 Å². The second-order valence-electron chi connectivity index (χ2n) is 7.20. The van der Waals surface area contributed by atoms with Crippen LogP contribution in [0, 0.1) is 5.82 Å². The molecule has 0 saturated heterocycles. The van der Waals surface area contributed by atoms with E-state index in [-0.39, 0.29) is 29.4 Å². The summed E-state index contributed by atoms with van der Waals surface area (Å²) in [5, 5.41) is 11.3. The van der Waals surface area contributed by atoms with Crippen molar-refractivity contribution in [2.75, 3.05) is 17.7 Å². The fourth-order valence-corrected chi connectivity index (χ4v) is 5.15. The number of thiophene rings is 1. The molecule has 1 aromatic carbocycles. The number of fused-ring (bicyclic) bond motifs is 1. The van der Waals surface area contributed by atoms with Gasteiger partial charge in [-0.25, -0.2) is 18.9 Å². The zero-order valence-electron chi connectivity index (χ0n) is 17.0. The minimum absolute atomic E-state index is 0.256. The maximum atomic E-state index is 13.8. The molecule has 0 saturated carbocycles. The van der Waals surface area contributed by atoms with E-state index in [2.05, 4.69) is 20.7 Å². The normalized spacial score (nSPS) is 13.2. The molecule has 0 fully saturated rings. The predicted octanol–water partition coefficient (Wildman–Crippen LogP) is 4.39. The first-order valence-electron chi connectivity index (χ1n) is 9.99. The van der Waals surface area contributed by atoms with Crippen molar-refractivity contribution in [3.63, 3.8) is 0 Å². The van der Waals surface area contributed by atoms with Gasteiger partial charge in [0.15, 0.2) is 5.11 Å². The van der Waals surface area contributed by atoms with Gasteiger partial charge in [0.05, 0.1) is 19.2 Å². The van der Waals surface area contributed by atoms with Gasteiger partial charge in [-0.1, -0.05) is 24.6 Å². The van der Waals surface area contributed by atoms with Gasteiger partial charge in [0.1, 0.15) is 17.1 Å². The van der Waals surface area contributed by atoms with E-state index in [1.807, 2.05) is 0 Å². The summed E-state index contributed by atoms with van der Waals surface area (Å²) in [6.45, 7) is 0.256. The minimum atomic E-state index is -0.364. The zero-order chi connectivity index (χ0) is 21.8. The fraction of sp³-hybridized carbons (Fsp3) is 0.333. The largest absolute Gasteiger partial charge is 0.465 e. The van der Waals surface area contributed by atoms with Crippen molar-refractivity contribution < 1.29 is 13.9 Å². The van der Waals surface area contributed by atoms with Gasteiger partial charge in [-0.3, -0.25) is 5.32 Å². The van der Waals surface area contributed by atoms with Crippen molar-refractivity contribution in [1.29, 1.82) is 0 Å². The number of esters is 1. The van der Waals surface area contributed by atoms with Crippen LogP contribution < -0.4 is 10.6 Å². The molecule has 10 heteroatoms. The minimum Gasteiger partial charge on any atom is -0.465 e. The number of thiocarbonyl (C=S) groups is 1. The Hall–Kier alpha value is -2.85. The second kappa shape index (κ2) is 9.52. The van der Waals surface area contributed by atoms with Crippen LogP contribution in [0.1, 0.15) is 45.6 Å². The lowest BCUT2D eigenvalue weighted by Gasteiger charge is -2.09. The number of aromatic nitrogens is 3. The van der Waals surface area contributed by atoms with E-state index >= 15 is 0 Å². The number of carbonyl (C=O) groups excluding carboxylic acids is 1. The standard InChI is InChI=1S/C21H22FN5O2S2/c1-29-19(28)17-14-8-3-2-4-10-16(14)31-18(17)24-21(30)25-20-23-12-27(26-20)11-13-7-5-6-9-15(13)22/h5-7,9,12H,2-4,8,10-11H2,1H3,(H2,24,25,26,30). The van der Waals surface area contributed by atoms with Crippen LogP contribution in [0.2, 0.25) is 0 Å². The fourth-order valence-electron chi connectivity index (χ4n) is 3.61. The summed E-state index contributed by atoms with van der Waals surface area (Å²) in [7, 11) is 1.38. The van der Waals surface area contributed by atoms with Crippen molar-refractivity contribution in [2.24, 2.45) is 0 Å². The molecule has 0 amide bonds. The molecule has 2 aromatic heterocycles. The molecule has 0 aliphatic heterocycles. The third-order valence-corrected chi connectivity index (χ3v) is 6.50. The average Bonchev–Trinajstić information content (AvgIpc) is 3.25. The second-order valence-corrected chi connectivity index (χ2v) is 8.71. The number of benzene rings is 1. The summed E-state index contributed by atoms with van der Waals surface area (Å²) in [5.41, 5.74) is 2.14. The Morgan fingerprint density at radius 3 is 2.87 bits per heavy atom. The Balaban J connectivity index is 1.46. The topological polar surface area (TPSA) is 81.1 Å². The van der Waals surface area contributed by atoms with Gasteiger partial charge >= 0.3 is 5.97 Å². The molecular formula is C21H22FN5O2S2. The van der Waals surface area contributed by atoms with E-state index in [4.69, 9.17) is 17.0 Å². The maximum Gasteiger partial charge on any atom is 0.341 e. The number of nitrogens with zero attached hydrogens (tertiary/aromatic N) is 3. The van der Waals surface area contributed by atoms with E-state index in [1.165, 1.54) is 40.4 Å². The summed E-state index contributed by atoms with van der Waals surface area (Å²) in [4.78, 5) is 17.8. The van der Waals surface area contributed by atoms with E-state index in [0.29, 0.717) is 16.1 Å². The first-order valence-corrected chi connectivity index (χ1v) is 11.2. The van der Waals surface area contributed by atoms with E-state index in [0.717, 1.165) is 37.7 Å². The molecule has 1 aliphatic rings. The smallest absolute Gasteiger partial charge is 0.341 e. The third-order valence-electron chi connectivity index (χ3n) is 5.09. The number of rotatable bonds is 5. The third kappa shape index (κ3) is 4.91. The lowest BCUT2D eigenvalue weighted by Crippen LogP contribution is -2.21. The lowest BCUT2D eigenvalue weighted by molar-refractivity contribution is 0.0601. The Bertz CT molecular complexity index is 1110. The molecule has 3 aromatic rings. The molecule has 2 heterocycles. The Morgan fingerprint density at radius 2 is 2.06 bits per heavy atom. The maximum absolute atomic E-state index is 13.8. The number of hydrogen-bond acceptors (Lipinski definition) is 6. The van der Waals surface area contributed by atoms with Gasteiger partial charge < -0.3 is 10.1 Å². The molecule has 7 nitrogen and oxygen atoms in total. The molecule has 1 aliphatic carbocycles. The van der Waals surface area contributed by atoms with Gasteiger partial charge in [-0.15, -0.1) is 16.4 Å². The molecule has 162 valence electrons. The summed E-state index contributed by atoms with van der Waals surface area (Å²) < 4.78 is 20.4. The van der Waals surface area contributed by atoms with Gasteiger partial charge in [-0.05, 0) is 49.5 Å². The number of methoxy groups -OCH3 is 1. The van der Waals surface area contributed by atoms with Crippen LogP contribution in [0.5, 0.6) is 0 Å². The number of ether oxygens (including phenoxy) is 1. The molecule has 2 N–H and O–H groups in total. The number of aryl methyl sites for hydroxylation is 1. The molecule has 0 atom stereocenters. The SMILES string of the molecule is COC(=O)c1c(NC(=S)Nc2ncn(Cc3ccccc3F)n2)sc2c1CCCCC2. The molecule has 4 rings (SSSR count). The molecule has 0 spiro atoms. The van der Waals surface area contributed by atoms with Gasteiger partial charge in [-0.2, -0.15) is 0 Å². The monoisotopic (exact) mass is 459 g/mol. The van der Waals surface area contributed by atoms with E-state index < -0.39 is 0 Å². The number of carbonyl (C=O) groups is 1. The number of halogens is 1. The van der Waals surface area contributed by atoms with Crippen molar-refractivity contribution in [1.82, 2.24) is 14.8 Å². The molecule has 0 radical (unpaired) electrons. The summed E-state index contributed by atoms with van der Waals surface area (Å²) >= 11 is 6.95. The molecule has 0 bridgehead atoms. The number of hydrogen-bond donors (Lipinski definition) is 2. The highest BCUT2D eigenvalue weighted by Gasteiger charge is 2.25. The van der Waals surface area contributed by atoms with Crippen molar-refractivity contribution in [3.8, 4) is 0 Å². The van der Waals surface area contributed by atoms with Crippen molar-refractivity contribution in [2.45, 2.75) is 38.6 Å². The van der Waals surface area contributed by atoms with E-state index in [1.54, 1.807) is 18.2 Å². The van der Waals surface area contributed by atoms with Crippen molar-refractivity contribution >= 4 is 45.6 Å². The Kier molecular flexibility index (Phi) is 6.57. The first-order chi connectivity index (χ1) is 15.0. The quantitative estimate of drug-likeness (QED) is 0.333. The summed E-state index contributed by atoms with van der Waals surface area (Å²) in [5.74, 6) is -0.374. The highest BCUT2D eigenvalue weighted by Crippen LogP contribution is 2.38. The van der Waals surface area contributed by atoms with E-state index in [9.17, 15) is 9.18 Å². The lowest BCUT2D eigenvalue weighted by atomic mass is 10.1. The first kappa shape index (κ1) is 21.4. The Labute approximate surface area is 188 Å².